The molecule has 11 heteroatoms. The second kappa shape index (κ2) is 8.14. The van der Waals surface area contributed by atoms with Crippen LogP contribution in [-0.2, 0) is 0 Å². The van der Waals surface area contributed by atoms with Crippen molar-refractivity contribution in [2.75, 3.05) is 44.2 Å². The fourth-order valence-corrected chi connectivity index (χ4v) is 4.77. The Morgan fingerprint density at radius 1 is 1.18 bits per heavy atom. The summed E-state index contributed by atoms with van der Waals surface area (Å²) >= 11 is 7.05. The lowest BCUT2D eigenvalue weighted by molar-refractivity contribution is 0.0775. The fraction of sp³-hybridized carbons (Fsp3) is 0.529. The van der Waals surface area contributed by atoms with Crippen LogP contribution in [0.5, 0.6) is 0 Å². The van der Waals surface area contributed by atoms with Crippen LogP contribution in [0.25, 0.3) is 10.6 Å². The van der Waals surface area contributed by atoms with Crippen molar-refractivity contribution in [1.82, 2.24) is 25.0 Å². The number of hydrogen-bond donors (Lipinski definition) is 1. The Morgan fingerprint density at radius 2 is 1.89 bits per heavy atom. The third-order valence-corrected chi connectivity index (χ3v) is 6.53. The second-order valence-electron chi connectivity index (χ2n) is 6.90. The highest BCUT2D eigenvalue weighted by Crippen LogP contribution is 2.32. The molecule has 0 radical (unpaired) electrons. The largest absolute Gasteiger partial charge is 0.465 e. The van der Waals surface area contributed by atoms with Gasteiger partial charge in [-0.15, -0.1) is 10.2 Å². The fourth-order valence-electron chi connectivity index (χ4n) is 3.72. The van der Waals surface area contributed by atoms with Gasteiger partial charge >= 0.3 is 6.09 Å². The van der Waals surface area contributed by atoms with Gasteiger partial charge in [-0.2, -0.15) is 0 Å². The normalized spacial score (nSPS) is 19.2. The van der Waals surface area contributed by atoms with Crippen LogP contribution >= 0.6 is 22.9 Å². The molecule has 4 rings (SSSR count). The lowest BCUT2D eigenvalue weighted by Crippen LogP contribution is -2.54. The van der Waals surface area contributed by atoms with E-state index >= 15 is 0 Å². The van der Waals surface area contributed by atoms with Crippen molar-refractivity contribution < 1.29 is 14.3 Å². The van der Waals surface area contributed by atoms with Crippen LogP contribution < -0.4 is 4.90 Å². The summed E-state index contributed by atoms with van der Waals surface area (Å²) in [5.74, 6) is -0.457. The van der Waals surface area contributed by atoms with E-state index in [4.69, 9.17) is 16.7 Å². The number of carboxylic acid groups (broad SMARTS) is 1. The topological polar surface area (TPSA) is 85.7 Å². The number of nitrogens with zero attached hydrogens (tertiary/aromatic N) is 6. The van der Waals surface area contributed by atoms with E-state index in [0.29, 0.717) is 29.7 Å². The van der Waals surface area contributed by atoms with Gasteiger partial charge in [0, 0.05) is 57.6 Å². The average Bonchev–Trinajstić information content (AvgIpc) is 3.18. The number of anilines is 1. The average molecular weight is 427 g/mol. The van der Waals surface area contributed by atoms with Gasteiger partial charge in [-0.05, 0) is 12.8 Å². The maximum Gasteiger partial charge on any atom is 0.407 e. The molecule has 2 aliphatic heterocycles. The van der Waals surface area contributed by atoms with Gasteiger partial charge in [0.25, 0.3) is 0 Å². The number of halogens is 2. The van der Waals surface area contributed by atoms with Gasteiger partial charge in [-0.25, -0.2) is 14.2 Å². The first-order valence-electron chi connectivity index (χ1n) is 9.13. The predicted octanol–water partition coefficient (Wildman–Crippen LogP) is 2.66. The molecule has 0 saturated carbocycles. The Hall–Kier alpha value is -2.04. The lowest BCUT2D eigenvalue weighted by Gasteiger charge is -2.42. The Balaban J connectivity index is 1.35. The zero-order valence-electron chi connectivity index (χ0n) is 15.1. The molecule has 0 atom stereocenters. The molecule has 0 spiro atoms. The number of aromatic nitrogens is 3. The van der Waals surface area contributed by atoms with Gasteiger partial charge in [0.2, 0.25) is 5.13 Å². The van der Waals surface area contributed by atoms with Gasteiger partial charge in [0.1, 0.15) is 11.0 Å². The minimum Gasteiger partial charge on any atom is -0.465 e. The molecular formula is C17H20ClFN6O2S. The molecule has 150 valence electrons. The van der Waals surface area contributed by atoms with Gasteiger partial charge in [0.15, 0.2) is 5.01 Å². The maximum absolute atomic E-state index is 14.1. The van der Waals surface area contributed by atoms with Crippen LogP contribution in [0.4, 0.5) is 14.3 Å². The van der Waals surface area contributed by atoms with Crippen molar-refractivity contribution in [1.29, 1.82) is 0 Å². The van der Waals surface area contributed by atoms with E-state index in [2.05, 4.69) is 25.0 Å². The molecule has 28 heavy (non-hydrogen) atoms. The SMILES string of the molecule is O=C(O)N1CCN(C2CCN(c3nnc(-c4cnc(Cl)cc4F)s3)CC2)CC1. The molecule has 2 aliphatic rings. The van der Waals surface area contributed by atoms with Crippen LogP contribution in [0, 0.1) is 5.82 Å². The molecule has 2 aromatic heterocycles. The van der Waals surface area contributed by atoms with E-state index in [9.17, 15) is 9.18 Å². The number of hydrogen-bond acceptors (Lipinski definition) is 7. The molecule has 0 unspecified atom stereocenters. The quantitative estimate of drug-likeness (QED) is 0.755. The Kier molecular flexibility index (Phi) is 5.61. The minimum atomic E-state index is -0.839. The highest BCUT2D eigenvalue weighted by molar-refractivity contribution is 7.18. The number of carbonyl (C=O) groups is 1. The lowest BCUT2D eigenvalue weighted by atomic mass is 10.0. The van der Waals surface area contributed by atoms with Crippen LogP contribution in [0.1, 0.15) is 12.8 Å². The van der Waals surface area contributed by atoms with Gasteiger partial charge in [-0.1, -0.05) is 22.9 Å². The molecule has 2 saturated heterocycles. The number of piperidine rings is 1. The third-order valence-electron chi connectivity index (χ3n) is 5.30. The molecule has 8 nitrogen and oxygen atoms in total. The maximum atomic E-state index is 14.1. The zero-order valence-corrected chi connectivity index (χ0v) is 16.7. The van der Waals surface area contributed by atoms with E-state index < -0.39 is 11.9 Å². The molecule has 2 aromatic rings. The summed E-state index contributed by atoms with van der Waals surface area (Å²) in [6.45, 7) is 4.39. The van der Waals surface area contributed by atoms with E-state index in [1.165, 1.54) is 28.5 Å². The first-order chi connectivity index (χ1) is 13.5. The molecule has 0 aliphatic carbocycles. The second-order valence-corrected chi connectivity index (χ2v) is 8.24. The van der Waals surface area contributed by atoms with Gasteiger partial charge in [-0.3, -0.25) is 4.90 Å². The monoisotopic (exact) mass is 426 g/mol. The summed E-state index contributed by atoms with van der Waals surface area (Å²) in [5, 5.41) is 18.8. The van der Waals surface area contributed by atoms with Crippen molar-refractivity contribution in [3.63, 3.8) is 0 Å². The third kappa shape index (κ3) is 4.03. The van der Waals surface area contributed by atoms with E-state index in [1.807, 2.05) is 0 Å². The highest BCUT2D eigenvalue weighted by atomic mass is 35.5. The van der Waals surface area contributed by atoms with Crippen LogP contribution in [0.15, 0.2) is 12.3 Å². The standard InChI is InChI=1S/C17H20ClFN6O2S/c18-14-9-13(19)12(10-20-14)15-21-22-16(28-15)24-3-1-11(2-4-24)23-5-7-25(8-6-23)17(26)27/h9-11H,1-8H2,(H,26,27). The summed E-state index contributed by atoms with van der Waals surface area (Å²) in [4.78, 5) is 21.0. The number of amides is 1. The minimum absolute atomic E-state index is 0.109. The molecule has 4 heterocycles. The van der Waals surface area contributed by atoms with Crippen LogP contribution in [0.3, 0.4) is 0 Å². The summed E-state index contributed by atoms with van der Waals surface area (Å²) in [6, 6.07) is 1.63. The van der Waals surface area contributed by atoms with Crippen LogP contribution in [-0.4, -0.2) is 81.5 Å². The zero-order chi connectivity index (χ0) is 19.7. The first-order valence-corrected chi connectivity index (χ1v) is 10.3. The summed E-state index contributed by atoms with van der Waals surface area (Å²) in [7, 11) is 0. The molecule has 0 aromatic carbocycles. The van der Waals surface area contributed by atoms with Gasteiger partial charge < -0.3 is 14.9 Å². The Morgan fingerprint density at radius 3 is 2.54 bits per heavy atom. The molecule has 1 N–H and O–H groups in total. The summed E-state index contributed by atoms with van der Waals surface area (Å²) in [5.41, 5.74) is 0.305. The van der Waals surface area contributed by atoms with Crippen molar-refractivity contribution in [3.05, 3.63) is 23.2 Å². The number of pyridine rings is 1. The van der Waals surface area contributed by atoms with Gasteiger partial charge in [0.05, 0.1) is 5.56 Å². The van der Waals surface area contributed by atoms with Crippen molar-refractivity contribution >= 4 is 34.2 Å². The van der Waals surface area contributed by atoms with Crippen molar-refractivity contribution in [3.8, 4) is 10.6 Å². The number of rotatable bonds is 3. The summed E-state index contributed by atoms with van der Waals surface area (Å²) in [6.07, 6.45) is 2.51. The predicted molar refractivity (Wildman–Crippen MR) is 105 cm³/mol. The smallest absolute Gasteiger partial charge is 0.407 e. The first kappa shape index (κ1) is 19.3. The van der Waals surface area contributed by atoms with Crippen molar-refractivity contribution in [2.24, 2.45) is 0 Å². The number of piperazine rings is 1. The highest BCUT2D eigenvalue weighted by Gasteiger charge is 2.29. The molecular weight excluding hydrogens is 407 g/mol. The van der Waals surface area contributed by atoms with E-state index in [-0.39, 0.29) is 5.15 Å². The Labute approximate surface area is 170 Å². The molecule has 2 fully saturated rings. The molecule has 1 amide bonds. The summed E-state index contributed by atoms with van der Waals surface area (Å²) < 4.78 is 14.1. The van der Waals surface area contributed by atoms with E-state index in [0.717, 1.165) is 44.2 Å². The Bertz CT molecular complexity index is 852. The van der Waals surface area contributed by atoms with E-state index in [1.54, 1.807) is 0 Å². The van der Waals surface area contributed by atoms with Crippen LogP contribution in [0.2, 0.25) is 5.15 Å². The van der Waals surface area contributed by atoms with Crippen molar-refractivity contribution in [2.45, 2.75) is 18.9 Å². The molecule has 0 bridgehead atoms.